The highest BCUT2D eigenvalue weighted by atomic mass is 19.4. The second-order valence-corrected chi connectivity index (χ2v) is 3.94. The summed E-state index contributed by atoms with van der Waals surface area (Å²) in [4.78, 5) is 0. The van der Waals surface area contributed by atoms with Gasteiger partial charge in [-0.25, -0.2) is 0 Å². The molecule has 0 saturated heterocycles. The summed E-state index contributed by atoms with van der Waals surface area (Å²) in [6, 6.07) is 0. The van der Waals surface area contributed by atoms with Gasteiger partial charge in [0.15, 0.2) is 0 Å². The van der Waals surface area contributed by atoms with Crippen LogP contribution in [0.25, 0.3) is 0 Å². The maximum absolute atomic E-state index is 12.2. The molecule has 0 radical (unpaired) electrons. The molecule has 0 aromatic carbocycles. The van der Waals surface area contributed by atoms with Gasteiger partial charge in [0.1, 0.15) is 0 Å². The number of aliphatic hydroxyl groups is 1. The summed E-state index contributed by atoms with van der Waals surface area (Å²) in [6.07, 6.45) is 3.48. The van der Waals surface area contributed by atoms with E-state index < -0.39 is 18.4 Å². The molecule has 0 unspecified atom stereocenters. The molecule has 0 spiro atoms. The van der Waals surface area contributed by atoms with E-state index in [0.717, 1.165) is 31.8 Å². The number of hydrogen-bond acceptors (Lipinski definition) is 1. The topological polar surface area (TPSA) is 20.2 Å². The van der Waals surface area contributed by atoms with Crippen molar-refractivity contribution in [3.8, 4) is 0 Å². The number of unbranched alkanes of at least 4 members (excludes halogenated alkanes) is 6. The number of aliphatic hydroxyl groups excluding tert-OH is 1. The average molecular weight is 238 g/mol. The fraction of sp³-hybridized carbons (Fsp3) is 0.833. The lowest BCUT2D eigenvalue weighted by Gasteiger charge is -2.08. The molecule has 96 valence electrons. The van der Waals surface area contributed by atoms with Gasteiger partial charge in [0, 0.05) is 0 Å². The Morgan fingerprint density at radius 3 is 2.12 bits per heavy atom. The van der Waals surface area contributed by atoms with Gasteiger partial charge in [0.05, 0.1) is 12.2 Å². The Balaban J connectivity index is 3.65. The maximum atomic E-state index is 12.2. The molecule has 0 bridgehead atoms. The van der Waals surface area contributed by atoms with Gasteiger partial charge in [-0.1, -0.05) is 45.1 Å². The third-order valence-corrected chi connectivity index (χ3v) is 2.48. The molecular weight excluding hydrogens is 217 g/mol. The zero-order valence-electron chi connectivity index (χ0n) is 9.82. The van der Waals surface area contributed by atoms with E-state index in [2.05, 4.69) is 6.92 Å². The molecule has 0 rings (SSSR count). The highest BCUT2D eigenvalue weighted by Gasteiger charge is 2.32. The minimum Gasteiger partial charge on any atom is -0.392 e. The Morgan fingerprint density at radius 1 is 1.06 bits per heavy atom. The van der Waals surface area contributed by atoms with Crippen LogP contribution in [0.1, 0.15) is 51.9 Å². The molecule has 0 fully saturated rings. The Hall–Kier alpha value is -0.510. The summed E-state index contributed by atoms with van der Waals surface area (Å²) >= 11 is 0. The third-order valence-electron chi connectivity index (χ3n) is 2.48. The van der Waals surface area contributed by atoms with Gasteiger partial charge in [0.25, 0.3) is 0 Å². The SMILES string of the molecule is CCCCCCCCC=C(CO)C(F)(F)F. The van der Waals surface area contributed by atoms with E-state index in [-0.39, 0.29) is 0 Å². The van der Waals surface area contributed by atoms with Crippen molar-refractivity contribution in [1.82, 2.24) is 0 Å². The summed E-state index contributed by atoms with van der Waals surface area (Å²) < 4.78 is 36.5. The lowest BCUT2D eigenvalue weighted by Crippen LogP contribution is -2.14. The van der Waals surface area contributed by atoms with Gasteiger partial charge in [-0.05, 0) is 12.8 Å². The first-order valence-electron chi connectivity index (χ1n) is 5.89. The Morgan fingerprint density at radius 2 is 1.62 bits per heavy atom. The second kappa shape index (κ2) is 8.62. The van der Waals surface area contributed by atoms with Crippen LogP contribution in [0, 0.1) is 0 Å². The van der Waals surface area contributed by atoms with Crippen molar-refractivity contribution in [3.05, 3.63) is 11.6 Å². The molecule has 16 heavy (non-hydrogen) atoms. The molecule has 0 aliphatic rings. The van der Waals surface area contributed by atoms with Crippen molar-refractivity contribution in [3.63, 3.8) is 0 Å². The lowest BCUT2D eigenvalue weighted by molar-refractivity contribution is -0.0978. The van der Waals surface area contributed by atoms with E-state index in [4.69, 9.17) is 5.11 Å². The standard InChI is InChI=1S/C12H21F3O/c1-2-3-4-5-6-7-8-9-11(10-16)12(13,14)15/h9,16H,2-8,10H2,1H3. The molecule has 0 aromatic heterocycles. The minimum absolute atomic E-state index is 0.404. The van der Waals surface area contributed by atoms with E-state index in [1.165, 1.54) is 12.8 Å². The van der Waals surface area contributed by atoms with Gasteiger partial charge < -0.3 is 5.11 Å². The third kappa shape index (κ3) is 7.74. The van der Waals surface area contributed by atoms with E-state index in [1.807, 2.05) is 0 Å². The summed E-state index contributed by atoms with van der Waals surface area (Å²) in [5.74, 6) is 0. The predicted octanol–water partition coefficient (Wildman–Crippen LogP) is 4.22. The first kappa shape index (κ1) is 15.5. The summed E-state index contributed by atoms with van der Waals surface area (Å²) in [5.41, 5.74) is -0.818. The van der Waals surface area contributed by atoms with E-state index >= 15 is 0 Å². The molecule has 0 aliphatic carbocycles. The highest BCUT2D eigenvalue weighted by Crippen LogP contribution is 2.25. The monoisotopic (exact) mass is 238 g/mol. The van der Waals surface area contributed by atoms with E-state index in [1.54, 1.807) is 0 Å². The Kier molecular flexibility index (Phi) is 8.35. The predicted molar refractivity (Wildman–Crippen MR) is 59.2 cm³/mol. The van der Waals surface area contributed by atoms with Crippen LogP contribution in [-0.4, -0.2) is 17.9 Å². The van der Waals surface area contributed by atoms with Crippen LogP contribution in [-0.2, 0) is 0 Å². The van der Waals surface area contributed by atoms with Crippen LogP contribution < -0.4 is 0 Å². The van der Waals surface area contributed by atoms with E-state index in [9.17, 15) is 13.2 Å². The average Bonchev–Trinajstić information content (AvgIpc) is 2.20. The number of allylic oxidation sites excluding steroid dienone is 1. The van der Waals surface area contributed by atoms with Crippen molar-refractivity contribution in [2.24, 2.45) is 0 Å². The van der Waals surface area contributed by atoms with Crippen LogP contribution in [0.15, 0.2) is 11.6 Å². The molecule has 1 N–H and O–H groups in total. The van der Waals surface area contributed by atoms with Gasteiger partial charge in [0.2, 0.25) is 0 Å². The first-order valence-corrected chi connectivity index (χ1v) is 5.89. The molecule has 0 heterocycles. The molecule has 4 heteroatoms. The first-order chi connectivity index (χ1) is 7.52. The lowest BCUT2D eigenvalue weighted by atomic mass is 10.1. The van der Waals surface area contributed by atoms with E-state index in [0.29, 0.717) is 6.42 Å². The van der Waals surface area contributed by atoms with Crippen molar-refractivity contribution < 1.29 is 18.3 Å². The number of rotatable bonds is 8. The molecule has 0 aliphatic heterocycles. The molecular formula is C12H21F3O. The molecule has 1 nitrogen and oxygen atoms in total. The summed E-state index contributed by atoms with van der Waals surface area (Å²) in [6.45, 7) is 1.21. The Bertz CT molecular complexity index is 197. The maximum Gasteiger partial charge on any atom is 0.414 e. The summed E-state index contributed by atoms with van der Waals surface area (Å²) in [7, 11) is 0. The van der Waals surface area contributed by atoms with Gasteiger partial charge in [-0.2, -0.15) is 13.2 Å². The highest BCUT2D eigenvalue weighted by molar-refractivity contribution is 5.08. The van der Waals surface area contributed by atoms with Crippen molar-refractivity contribution in [2.45, 2.75) is 58.0 Å². The van der Waals surface area contributed by atoms with Gasteiger partial charge >= 0.3 is 6.18 Å². The molecule has 0 saturated carbocycles. The van der Waals surface area contributed by atoms with Crippen LogP contribution in [0.5, 0.6) is 0 Å². The second-order valence-electron chi connectivity index (χ2n) is 3.94. The number of halogens is 3. The van der Waals surface area contributed by atoms with Gasteiger partial charge in [-0.15, -0.1) is 0 Å². The van der Waals surface area contributed by atoms with Crippen molar-refractivity contribution >= 4 is 0 Å². The molecule has 0 amide bonds. The fourth-order valence-electron chi connectivity index (χ4n) is 1.47. The number of hydrogen-bond donors (Lipinski definition) is 1. The zero-order chi connectivity index (χ0) is 12.4. The van der Waals surface area contributed by atoms with Gasteiger partial charge in [-0.3, -0.25) is 0 Å². The largest absolute Gasteiger partial charge is 0.414 e. The molecule has 0 aromatic rings. The fourth-order valence-corrected chi connectivity index (χ4v) is 1.47. The van der Waals surface area contributed by atoms with Crippen LogP contribution >= 0.6 is 0 Å². The Labute approximate surface area is 95.4 Å². The number of alkyl halides is 3. The van der Waals surface area contributed by atoms with Crippen LogP contribution in [0.3, 0.4) is 0 Å². The smallest absolute Gasteiger partial charge is 0.392 e. The van der Waals surface area contributed by atoms with Crippen molar-refractivity contribution in [2.75, 3.05) is 6.61 Å². The quantitative estimate of drug-likeness (QED) is 0.496. The molecule has 0 atom stereocenters. The van der Waals surface area contributed by atoms with Crippen molar-refractivity contribution in [1.29, 1.82) is 0 Å². The normalized spacial score (nSPS) is 13.2. The minimum atomic E-state index is -4.38. The summed E-state index contributed by atoms with van der Waals surface area (Å²) in [5, 5.41) is 8.55. The van der Waals surface area contributed by atoms with Crippen LogP contribution in [0.2, 0.25) is 0 Å². The van der Waals surface area contributed by atoms with Crippen LogP contribution in [0.4, 0.5) is 13.2 Å². The zero-order valence-corrected chi connectivity index (χ0v) is 9.82.